The van der Waals surface area contributed by atoms with Gasteiger partial charge in [0.25, 0.3) is 10.0 Å². The largest absolute Gasteiger partial charge is 0.368 e. The number of benzene rings is 4. The van der Waals surface area contributed by atoms with Gasteiger partial charge >= 0.3 is 0 Å². The monoisotopic (exact) mass is 669 g/mol. The number of aromatic nitrogens is 3. The zero-order valence-corrected chi connectivity index (χ0v) is 25.8. The Labute approximate surface area is 262 Å². The minimum Gasteiger partial charge on any atom is -0.368 e. The molecular weight excluding hydrogens is 646 g/mol. The number of guanidine groups is 1. The first-order valence-corrected chi connectivity index (χ1v) is 17.0. The minimum absolute atomic E-state index is 0.00173. The molecule has 1 heterocycles. The van der Waals surface area contributed by atoms with Gasteiger partial charge < -0.3 is 11.1 Å². The van der Waals surface area contributed by atoms with Crippen molar-refractivity contribution in [2.24, 2.45) is 15.3 Å². The van der Waals surface area contributed by atoms with E-state index in [1.165, 1.54) is 42.1 Å². The van der Waals surface area contributed by atoms with Gasteiger partial charge in [-0.1, -0.05) is 54.6 Å². The van der Waals surface area contributed by atoms with Crippen molar-refractivity contribution < 1.29 is 16.8 Å². The van der Waals surface area contributed by atoms with E-state index in [9.17, 15) is 16.8 Å². The maximum absolute atomic E-state index is 13.2. The molecule has 0 aliphatic rings. The number of thioether (sulfide) groups is 1. The molecular formula is C27H24ClN9O4S3. The van der Waals surface area contributed by atoms with E-state index in [0.29, 0.717) is 16.3 Å². The van der Waals surface area contributed by atoms with E-state index in [1.807, 2.05) is 42.5 Å². The molecule has 0 aliphatic heterocycles. The summed E-state index contributed by atoms with van der Waals surface area (Å²) in [5.41, 5.74) is 12.4. The molecule has 0 saturated heterocycles. The van der Waals surface area contributed by atoms with Crippen LogP contribution in [0.25, 0.3) is 10.8 Å². The molecule has 7 N–H and O–H groups in total. The normalized spacial score (nSPS) is 12.2. The number of primary sulfonamides is 1. The standard InChI is InChI=1S/C27H24ClN9O4S3/c28-24-32-26(31-19-12-14-20(15-13-19)43(30,38)39)34-27(33-24)36-35-25(29)37-44(40,41)23-11-4-3-10-22(23)42-16-18-8-5-7-17-6-1-2-9-21(17)18/h1-15H,16H2,(H3,29,35,37)(H2,30,38,39)(H2,31,32,33,34,36). The van der Waals surface area contributed by atoms with Gasteiger partial charge in [-0.25, -0.2) is 13.6 Å². The second kappa shape index (κ2) is 13.0. The summed E-state index contributed by atoms with van der Waals surface area (Å²) in [6.45, 7) is 0. The van der Waals surface area contributed by atoms with Crippen LogP contribution < -0.4 is 27.0 Å². The molecule has 0 fully saturated rings. The van der Waals surface area contributed by atoms with Crippen molar-refractivity contribution in [1.82, 2.24) is 20.4 Å². The molecule has 0 unspecified atom stereocenters. The number of anilines is 3. The Balaban J connectivity index is 1.27. The van der Waals surface area contributed by atoms with Crippen molar-refractivity contribution in [3.8, 4) is 0 Å². The van der Waals surface area contributed by atoms with Gasteiger partial charge in [-0.05, 0) is 64.3 Å². The van der Waals surface area contributed by atoms with Crippen LogP contribution in [0, 0.1) is 0 Å². The zero-order chi connectivity index (χ0) is 31.3. The molecule has 0 radical (unpaired) electrons. The third kappa shape index (κ3) is 7.72. The molecule has 226 valence electrons. The molecule has 17 heteroatoms. The molecule has 0 spiro atoms. The Morgan fingerprint density at radius 2 is 1.52 bits per heavy atom. The van der Waals surface area contributed by atoms with Crippen LogP contribution in [0.4, 0.5) is 17.6 Å². The SMILES string of the molecule is N/C(=N\S(=O)(=O)c1ccccc1SCc1cccc2ccccc12)NNc1nc(Cl)nc(Nc2ccc(S(N)(=O)=O)cc2)n1. The molecule has 0 aliphatic carbocycles. The number of nitrogens with two attached hydrogens (primary N) is 2. The molecule has 1 aromatic heterocycles. The number of rotatable bonds is 10. The number of hydrogen-bond acceptors (Lipinski definition) is 10. The summed E-state index contributed by atoms with van der Waals surface area (Å²) in [5.74, 6) is -0.0590. The van der Waals surface area contributed by atoms with Gasteiger partial charge in [0.15, 0.2) is 0 Å². The van der Waals surface area contributed by atoms with Gasteiger partial charge in [-0.15, -0.1) is 16.2 Å². The summed E-state index contributed by atoms with van der Waals surface area (Å²) in [5, 5.41) is 9.95. The van der Waals surface area contributed by atoms with Crippen molar-refractivity contribution in [3.05, 3.63) is 102 Å². The molecule has 0 saturated carbocycles. The molecule has 4 aromatic carbocycles. The minimum atomic E-state index is -4.22. The van der Waals surface area contributed by atoms with E-state index in [1.54, 1.807) is 18.2 Å². The second-order valence-corrected chi connectivity index (χ2v) is 13.5. The van der Waals surface area contributed by atoms with Crippen molar-refractivity contribution >= 4 is 77.7 Å². The van der Waals surface area contributed by atoms with Gasteiger partial charge in [-0.3, -0.25) is 10.9 Å². The van der Waals surface area contributed by atoms with E-state index in [4.69, 9.17) is 22.5 Å². The molecule has 5 aromatic rings. The number of fused-ring (bicyclic) bond motifs is 1. The summed E-state index contributed by atoms with van der Waals surface area (Å²) in [6.07, 6.45) is 0. The first-order chi connectivity index (χ1) is 21.0. The predicted molar refractivity (Wildman–Crippen MR) is 171 cm³/mol. The quantitative estimate of drug-likeness (QED) is 0.0619. The fourth-order valence-corrected chi connectivity index (χ4v) is 7.09. The Hall–Kier alpha value is -4.48. The lowest BCUT2D eigenvalue weighted by Crippen LogP contribution is -2.37. The van der Waals surface area contributed by atoms with E-state index in [0.717, 1.165) is 16.3 Å². The van der Waals surface area contributed by atoms with Crippen LogP contribution in [0.1, 0.15) is 5.56 Å². The van der Waals surface area contributed by atoms with E-state index >= 15 is 0 Å². The lowest BCUT2D eigenvalue weighted by molar-refractivity contribution is 0.594. The Morgan fingerprint density at radius 1 is 0.841 bits per heavy atom. The lowest BCUT2D eigenvalue weighted by atomic mass is 10.1. The number of nitrogens with one attached hydrogen (secondary N) is 3. The van der Waals surface area contributed by atoms with Crippen molar-refractivity contribution in [2.75, 3.05) is 10.7 Å². The maximum atomic E-state index is 13.2. The Kier molecular flexibility index (Phi) is 9.17. The molecule has 0 atom stereocenters. The van der Waals surface area contributed by atoms with Crippen LogP contribution in [0.2, 0.25) is 5.28 Å². The third-order valence-electron chi connectivity index (χ3n) is 5.96. The number of hydrazine groups is 1. The summed E-state index contributed by atoms with van der Waals surface area (Å²) in [7, 11) is -8.07. The highest BCUT2D eigenvalue weighted by atomic mass is 35.5. The molecule has 44 heavy (non-hydrogen) atoms. The average Bonchev–Trinajstić information content (AvgIpc) is 2.98. The van der Waals surface area contributed by atoms with Gasteiger partial charge in [0, 0.05) is 16.3 Å². The van der Waals surface area contributed by atoms with Crippen molar-refractivity contribution in [3.63, 3.8) is 0 Å². The third-order valence-corrected chi connectivity index (χ3v) is 9.66. The predicted octanol–water partition coefficient (Wildman–Crippen LogP) is 3.98. The van der Waals surface area contributed by atoms with Crippen LogP contribution in [-0.4, -0.2) is 37.7 Å². The van der Waals surface area contributed by atoms with Crippen LogP contribution in [0.15, 0.2) is 110 Å². The van der Waals surface area contributed by atoms with Gasteiger partial charge in [0.1, 0.15) is 4.90 Å². The summed E-state index contributed by atoms with van der Waals surface area (Å²) in [6, 6.07) is 26.1. The number of hydrogen-bond donors (Lipinski definition) is 5. The fourth-order valence-electron chi connectivity index (χ4n) is 4.00. The summed E-state index contributed by atoms with van der Waals surface area (Å²) >= 11 is 7.38. The van der Waals surface area contributed by atoms with Crippen LogP contribution in [0.5, 0.6) is 0 Å². The van der Waals surface area contributed by atoms with Crippen LogP contribution >= 0.6 is 23.4 Å². The molecule has 0 bridgehead atoms. The van der Waals surface area contributed by atoms with Gasteiger partial charge in [0.05, 0.1) is 4.90 Å². The second-order valence-electron chi connectivity index (χ2n) is 9.02. The highest BCUT2D eigenvalue weighted by molar-refractivity contribution is 7.99. The van der Waals surface area contributed by atoms with E-state index < -0.39 is 26.0 Å². The average molecular weight is 670 g/mol. The molecule has 0 amide bonds. The Morgan fingerprint density at radius 3 is 2.30 bits per heavy atom. The van der Waals surface area contributed by atoms with E-state index in [-0.39, 0.29) is 27.0 Å². The van der Waals surface area contributed by atoms with Crippen molar-refractivity contribution in [1.29, 1.82) is 0 Å². The Bertz CT molecular complexity index is 2070. The highest BCUT2D eigenvalue weighted by Gasteiger charge is 2.19. The lowest BCUT2D eigenvalue weighted by Gasteiger charge is -2.11. The molecule has 13 nitrogen and oxygen atoms in total. The number of halogens is 1. The first-order valence-electron chi connectivity index (χ1n) is 12.6. The van der Waals surface area contributed by atoms with Crippen LogP contribution in [0.3, 0.4) is 0 Å². The highest BCUT2D eigenvalue weighted by Crippen LogP contribution is 2.32. The van der Waals surface area contributed by atoms with Gasteiger partial charge in [-0.2, -0.15) is 23.4 Å². The summed E-state index contributed by atoms with van der Waals surface area (Å²) in [4.78, 5) is 12.4. The molecule has 5 rings (SSSR count). The van der Waals surface area contributed by atoms with Crippen molar-refractivity contribution in [2.45, 2.75) is 20.4 Å². The number of nitrogens with zero attached hydrogens (tertiary/aromatic N) is 4. The van der Waals surface area contributed by atoms with Crippen LogP contribution in [-0.2, 0) is 25.8 Å². The first kappa shape index (κ1) is 31.0. The fraction of sp³-hybridized carbons (Fsp3) is 0.0370. The van der Waals surface area contributed by atoms with E-state index in [2.05, 4.69) is 35.5 Å². The smallest absolute Gasteiger partial charge is 0.286 e. The number of sulfonamides is 2. The summed E-state index contributed by atoms with van der Waals surface area (Å²) < 4.78 is 53.1. The van der Waals surface area contributed by atoms with Gasteiger partial charge in [0.2, 0.25) is 33.2 Å². The zero-order valence-electron chi connectivity index (χ0n) is 22.5. The maximum Gasteiger partial charge on any atom is 0.286 e. The topological polar surface area (TPSA) is 207 Å².